The maximum absolute atomic E-state index is 11.3. The molecule has 0 spiro atoms. The Morgan fingerprint density at radius 3 is 0.567 bits per heavy atom. The van der Waals surface area contributed by atoms with E-state index in [0.29, 0.717) is 33.4 Å². The van der Waals surface area contributed by atoms with Gasteiger partial charge in [0.1, 0.15) is 0 Å². The first-order valence-corrected chi connectivity index (χ1v) is 22.9. The predicted molar refractivity (Wildman–Crippen MR) is 229 cm³/mol. The Morgan fingerprint density at radius 1 is 0.283 bits per heavy atom. The molecule has 0 radical (unpaired) electrons. The minimum atomic E-state index is -4.70. The van der Waals surface area contributed by atoms with E-state index >= 15 is 0 Å². The van der Waals surface area contributed by atoms with Crippen LogP contribution in [0.15, 0.2) is 123 Å². The fraction of sp³-hybridized carbons (Fsp3) is 0.143. The molecule has 0 atom stereocenters. The molecule has 6 N–H and O–H groups in total. The minimum Gasteiger partial charge on any atom is -0.504 e. The molecule has 18 heteroatoms. The smallest absolute Gasteiger partial charge is 0.461 e. The van der Waals surface area contributed by atoms with E-state index in [4.69, 9.17) is 40.7 Å². The molecule has 0 unspecified atom stereocenters. The Hall–Kier alpha value is -6.39. The van der Waals surface area contributed by atoms with E-state index in [-0.39, 0.29) is 69.0 Å². The summed E-state index contributed by atoms with van der Waals surface area (Å²) in [6, 6.07) is 27.1. The van der Waals surface area contributed by atoms with Gasteiger partial charge in [0, 0.05) is 0 Å². The van der Waals surface area contributed by atoms with Crippen LogP contribution in [-0.2, 0) is 0 Å². The van der Waals surface area contributed by atoms with Gasteiger partial charge in [0.25, 0.3) is 0 Å². The first-order chi connectivity index (χ1) is 28.4. The molecule has 0 amide bonds. The average Bonchev–Trinajstić information content (AvgIpc) is 3.16. The van der Waals surface area contributed by atoms with E-state index in [1.165, 1.54) is 72.8 Å². The molecule has 0 saturated heterocycles. The highest BCUT2D eigenvalue weighted by molar-refractivity contribution is 7.79. The van der Waals surface area contributed by atoms with Crippen molar-refractivity contribution in [2.45, 2.75) is 41.5 Å². The van der Waals surface area contributed by atoms with Crippen LogP contribution in [0, 0.1) is 41.5 Å². The average molecular weight is 874 g/mol. The van der Waals surface area contributed by atoms with Crippen LogP contribution in [0.25, 0.3) is 0 Å². The molecule has 6 aromatic carbocycles. The third-order valence-electron chi connectivity index (χ3n) is 8.67. The largest absolute Gasteiger partial charge is 0.504 e. The number of aryl methyl sites for hydroxylation is 6. The maximum atomic E-state index is 11.3. The number of phenolic OH excluding ortho intramolecular Hbond substituents is 6. The summed E-state index contributed by atoms with van der Waals surface area (Å²) in [5.41, 5.74) is 4.05. The number of benzene rings is 6. The number of nitrogens with zero attached hydrogens (tertiary/aromatic N) is 3. The van der Waals surface area contributed by atoms with E-state index in [1.807, 2.05) is 0 Å². The summed E-state index contributed by atoms with van der Waals surface area (Å²) in [6.45, 7) is 10.5. The summed E-state index contributed by atoms with van der Waals surface area (Å²) in [5, 5.41) is 67.7. The Labute approximate surface area is 346 Å². The molecule has 15 nitrogen and oxygen atoms in total. The molecule has 1 aliphatic rings. The predicted octanol–water partition coefficient (Wildman–Crippen LogP) is 12.4. The molecule has 60 heavy (non-hydrogen) atoms. The zero-order valence-electron chi connectivity index (χ0n) is 33.2. The monoisotopic (exact) mass is 873 g/mol. The van der Waals surface area contributed by atoms with Crippen LogP contribution < -0.4 is 27.1 Å². The molecule has 0 saturated carbocycles. The van der Waals surface area contributed by atoms with Crippen molar-refractivity contribution in [2.75, 3.05) is 0 Å². The topological polar surface area (TPSA) is 214 Å². The normalized spacial score (nSPS) is 14.7. The van der Waals surface area contributed by atoms with Gasteiger partial charge in [0.2, 0.25) is 0 Å². The summed E-state index contributed by atoms with van der Waals surface area (Å²) < 4.78 is 54.4. The molecule has 1 aliphatic heterocycles. The Morgan fingerprint density at radius 2 is 0.433 bits per heavy atom. The van der Waals surface area contributed by atoms with Gasteiger partial charge >= 0.3 is 23.0 Å². The zero-order chi connectivity index (χ0) is 43.0. The number of rotatable bonds is 12. The molecular formula is C42H42N3O12P3. The van der Waals surface area contributed by atoms with Crippen molar-refractivity contribution >= 4 is 23.0 Å². The fourth-order valence-corrected chi connectivity index (χ4v) is 14.9. The van der Waals surface area contributed by atoms with Crippen LogP contribution in [0.2, 0.25) is 0 Å². The van der Waals surface area contributed by atoms with Gasteiger partial charge in [0.15, 0.2) is 69.0 Å². The second-order valence-corrected chi connectivity index (χ2v) is 20.3. The van der Waals surface area contributed by atoms with Gasteiger partial charge < -0.3 is 57.8 Å². The molecule has 0 aliphatic carbocycles. The first-order valence-electron chi connectivity index (χ1n) is 18.3. The van der Waals surface area contributed by atoms with E-state index in [1.54, 1.807) is 77.9 Å². The van der Waals surface area contributed by atoms with Crippen molar-refractivity contribution in [2.24, 2.45) is 13.5 Å². The second-order valence-electron chi connectivity index (χ2n) is 14.1. The fourth-order valence-electron chi connectivity index (χ4n) is 5.75. The summed E-state index contributed by atoms with van der Waals surface area (Å²) in [4.78, 5) is 0. The van der Waals surface area contributed by atoms with Crippen LogP contribution in [0.1, 0.15) is 33.4 Å². The van der Waals surface area contributed by atoms with Crippen molar-refractivity contribution in [1.82, 2.24) is 0 Å². The molecule has 0 fully saturated rings. The minimum absolute atomic E-state index is 0.195. The van der Waals surface area contributed by atoms with Gasteiger partial charge in [-0.25, -0.2) is 0 Å². The molecule has 6 aromatic rings. The lowest BCUT2D eigenvalue weighted by atomic mass is 10.2. The van der Waals surface area contributed by atoms with Gasteiger partial charge in [-0.15, -0.1) is 0 Å². The van der Waals surface area contributed by atoms with Gasteiger partial charge in [-0.05, 0) is 148 Å². The van der Waals surface area contributed by atoms with Crippen LogP contribution in [0.5, 0.6) is 69.0 Å². The Kier molecular flexibility index (Phi) is 11.4. The SMILES string of the molecule is Cc1ccc(OP2(Oc3ccc(C)cc3O)=NP(Oc3ccc(C)cc3O)(Oc3ccc(C)cc3O)=NP(Oc3ccc(C)cc3O)(Oc3ccc(C)cc3O)=N2)c(O)c1. The molecule has 0 aromatic heterocycles. The lowest BCUT2D eigenvalue weighted by Crippen LogP contribution is -2.11. The molecule has 1 heterocycles. The standard InChI is InChI=1S/C42H42N3O12P3/c1-25-7-13-37(31(46)19-25)52-58(53-38-14-8-26(2)20-32(38)47)43-59(54-39-15-9-27(3)21-33(39)48,55-40-16-10-28(4)22-34(40)49)45-60(44-58,56-41-17-11-29(5)23-35(41)50)57-42-18-12-30(6)24-36(42)51/h7-24,46-51H,1-6H3. The van der Waals surface area contributed by atoms with E-state index in [2.05, 4.69) is 0 Å². The van der Waals surface area contributed by atoms with Gasteiger partial charge in [-0.3, -0.25) is 0 Å². The molecule has 312 valence electrons. The summed E-state index contributed by atoms with van der Waals surface area (Å²) in [7, 11) is -14.1. The Balaban J connectivity index is 1.65. The van der Waals surface area contributed by atoms with E-state index in [0.717, 1.165) is 0 Å². The van der Waals surface area contributed by atoms with Crippen LogP contribution in [0.4, 0.5) is 0 Å². The van der Waals surface area contributed by atoms with E-state index < -0.39 is 23.0 Å². The Bertz CT molecular complexity index is 2340. The maximum Gasteiger partial charge on any atom is 0.461 e. The number of hydrogen-bond acceptors (Lipinski definition) is 15. The quantitative estimate of drug-likeness (QED) is 0.0634. The summed E-state index contributed by atoms with van der Waals surface area (Å²) in [5.74, 6) is -3.28. The first kappa shape index (κ1) is 41.8. The van der Waals surface area contributed by atoms with E-state index in [9.17, 15) is 30.6 Å². The van der Waals surface area contributed by atoms with Gasteiger partial charge in [-0.2, -0.15) is 0 Å². The third kappa shape index (κ3) is 9.24. The highest BCUT2D eigenvalue weighted by atomic mass is 31.3. The van der Waals surface area contributed by atoms with Crippen molar-refractivity contribution in [1.29, 1.82) is 0 Å². The lowest BCUT2D eigenvalue weighted by Gasteiger charge is -2.33. The number of aromatic hydroxyl groups is 6. The molecular weight excluding hydrogens is 831 g/mol. The van der Waals surface area contributed by atoms with Crippen molar-refractivity contribution in [3.63, 3.8) is 0 Å². The molecule has 0 bridgehead atoms. The van der Waals surface area contributed by atoms with Crippen molar-refractivity contribution in [3.05, 3.63) is 143 Å². The highest BCUT2D eigenvalue weighted by Crippen LogP contribution is 2.79. The van der Waals surface area contributed by atoms with Gasteiger partial charge in [-0.1, -0.05) is 49.9 Å². The van der Waals surface area contributed by atoms with Gasteiger partial charge in [0.05, 0.1) is 0 Å². The number of hydrogen-bond donors (Lipinski definition) is 6. The third-order valence-corrected chi connectivity index (χ3v) is 16.7. The second kappa shape index (κ2) is 16.3. The highest BCUT2D eigenvalue weighted by Gasteiger charge is 2.50. The molecule has 7 rings (SSSR count). The summed E-state index contributed by atoms with van der Waals surface area (Å²) in [6.07, 6.45) is 0. The number of phenols is 6. The van der Waals surface area contributed by atoms with Crippen LogP contribution >= 0.6 is 23.0 Å². The van der Waals surface area contributed by atoms with Crippen molar-refractivity contribution < 1.29 is 57.8 Å². The van der Waals surface area contributed by atoms with Crippen LogP contribution in [0.3, 0.4) is 0 Å². The summed E-state index contributed by atoms with van der Waals surface area (Å²) >= 11 is 0. The zero-order valence-corrected chi connectivity index (χ0v) is 35.9. The van der Waals surface area contributed by atoms with Crippen LogP contribution in [-0.4, -0.2) is 30.6 Å². The van der Waals surface area contributed by atoms with Crippen molar-refractivity contribution in [3.8, 4) is 69.0 Å². The lowest BCUT2D eigenvalue weighted by molar-refractivity contribution is 0.388.